The van der Waals surface area contributed by atoms with Gasteiger partial charge in [0.1, 0.15) is 0 Å². The van der Waals surface area contributed by atoms with E-state index < -0.39 is 0 Å². The molecule has 2 aliphatic rings. The molecule has 1 amide bonds. The normalized spacial score (nSPS) is 23.3. The fourth-order valence-corrected chi connectivity index (χ4v) is 3.05. The minimum atomic E-state index is 0.278. The molecule has 0 saturated heterocycles. The Kier molecular flexibility index (Phi) is 3.70. The van der Waals surface area contributed by atoms with Crippen molar-refractivity contribution in [1.29, 1.82) is 0 Å². The second-order valence-electron chi connectivity index (χ2n) is 5.22. The molecule has 0 radical (unpaired) electrons. The first-order valence-corrected chi connectivity index (χ1v) is 7.19. The molecule has 0 atom stereocenters. The Morgan fingerprint density at radius 2 is 2.13 bits per heavy atom. The minimum absolute atomic E-state index is 0.278. The summed E-state index contributed by atoms with van der Waals surface area (Å²) in [7, 11) is 0. The van der Waals surface area contributed by atoms with Gasteiger partial charge >= 0.3 is 0 Å². The van der Waals surface area contributed by atoms with E-state index in [0.717, 1.165) is 18.3 Å². The number of carbonyl (C=O) groups is 1. The van der Waals surface area contributed by atoms with Crippen LogP contribution >= 0.6 is 15.9 Å². The van der Waals surface area contributed by atoms with Crippen molar-refractivity contribution in [2.45, 2.75) is 44.9 Å². The van der Waals surface area contributed by atoms with E-state index >= 15 is 0 Å². The molecular weight excluding hydrogens is 254 g/mol. The summed E-state index contributed by atoms with van der Waals surface area (Å²) in [5.74, 6) is 0.969. The molecule has 0 aromatic heterocycles. The van der Waals surface area contributed by atoms with Gasteiger partial charge in [0.15, 0.2) is 0 Å². The third kappa shape index (κ3) is 3.20. The van der Waals surface area contributed by atoms with Gasteiger partial charge in [0.25, 0.3) is 0 Å². The van der Waals surface area contributed by atoms with Gasteiger partial charge in [0, 0.05) is 18.3 Å². The average molecular weight is 274 g/mol. The summed E-state index contributed by atoms with van der Waals surface area (Å²) in [5, 5.41) is 4.17. The number of rotatable bonds is 6. The van der Waals surface area contributed by atoms with Crippen LogP contribution in [0.4, 0.5) is 0 Å². The van der Waals surface area contributed by atoms with Crippen LogP contribution in [0.5, 0.6) is 0 Å². The molecule has 0 aliphatic heterocycles. The molecule has 0 aromatic carbocycles. The van der Waals surface area contributed by atoms with Crippen LogP contribution in [-0.4, -0.2) is 17.8 Å². The first-order valence-electron chi connectivity index (χ1n) is 6.07. The molecule has 0 bridgehead atoms. The van der Waals surface area contributed by atoms with Crippen molar-refractivity contribution in [2.75, 3.05) is 11.9 Å². The molecule has 86 valence electrons. The van der Waals surface area contributed by atoms with Crippen molar-refractivity contribution in [3.05, 3.63) is 0 Å². The van der Waals surface area contributed by atoms with Crippen molar-refractivity contribution in [2.24, 2.45) is 11.3 Å². The van der Waals surface area contributed by atoms with Gasteiger partial charge < -0.3 is 5.32 Å². The van der Waals surface area contributed by atoms with Crippen LogP contribution in [0.15, 0.2) is 0 Å². The number of hydrogen-bond acceptors (Lipinski definition) is 1. The zero-order valence-electron chi connectivity index (χ0n) is 9.23. The lowest BCUT2D eigenvalue weighted by Gasteiger charge is -2.25. The second-order valence-corrected chi connectivity index (χ2v) is 6.01. The largest absolute Gasteiger partial charge is 0.356 e. The minimum Gasteiger partial charge on any atom is -0.356 e. The van der Waals surface area contributed by atoms with E-state index in [1.54, 1.807) is 0 Å². The van der Waals surface area contributed by atoms with E-state index in [4.69, 9.17) is 0 Å². The standard InChI is InChI=1S/C12H20BrNO/c13-7-6-12(4-5-12)9-14-11(15)8-10-2-1-3-10/h10H,1-9H2,(H,14,15). The number of carbonyl (C=O) groups excluding carboxylic acids is 1. The van der Waals surface area contributed by atoms with Gasteiger partial charge in [-0.2, -0.15) is 0 Å². The summed E-state index contributed by atoms with van der Waals surface area (Å²) < 4.78 is 0. The summed E-state index contributed by atoms with van der Waals surface area (Å²) in [6, 6.07) is 0. The van der Waals surface area contributed by atoms with Crippen molar-refractivity contribution in [1.82, 2.24) is 5.32 Å². The Morgan fingerprint density at radius 3 is 2.60 bits per heavy atom. The van der Waals surface area contributed by atoms with Crippen molar-refractivity contribution in [3.63, 3.8) is 0 Å². The molecule has 0 spiro atoms. The van der Waals surface area contributed by atoms with Crippen LogP contribution in [0, 0.1) is 11.3 Å². The molecule has 2 aliphatic carbocycles. The Hall–Kier alpha value is -0.0500. The van der Waals surface area contributed by atoms with Gasteiger partial charge in [-0.05, 0) is 43.4 Å². The third-order valence-electron chi connectivity index (χ3n) is 3.94. The van der Waals surface area contributed by atoms with Crippen molar-refractivity contribution in [3.8, 4) is 0 Å². The van der Waals surface area contributed by atoms with Gasteiger partial charge in [-0.1, -0.05) is 22.4 Å². The van der Waals surface area contributed by atoms with E-state index in [2.05, 4.69) is 21.2 Å². The molecule has 2 rings (SSSR count). The van der Waals surface area contributed by atoms with E-state index in [1.165, 1.54) is 38.5 Å². The van der Waals surface area contributed by atoms with Gasteiger partial charge in [0.05, 0.1) is 0 Å². The van der Waals surface area contributed by atoms with Gasteiger partial charge in [-0.25, -0.2) is 0 Å². The predicted octanol–water partition coefficient (Wildman–Crippen LogP) is 2.86. The van der Waals surface area contributed by atoms with Crippen LogP contribution in [0.2, 0.25) is 0 Å². The number of amides is 1. The zero-order chi connectivity index (χ0) is 10.7. The lowest BCUT2D eigenvalue weighted by molar-refractivity contribution is -0.122. The highest BCUT2D eigenvalue weighted by atomic mass is 79.9. The highest BCUT2D eigenvalue weighted by molar-refractivity contribution is 9.09. The highest BCUT2D eigenvalue weighted by Gasteiger charge is 2.41. The first kappa shape index (κ1) is 11.4. The predicted molar refractivity (Wildman–Crippen MR) is 65.0 cm³/mol. The van der Waals surface area contributed by atoms with Crippen molar-refractivity contribution >= 4 is 21.8 Å². The quantitative estimate of drug-likeness (QED) is 0.741. The number of halogens is 1. The summed E-state index contributed by atoms with van der Waals surface area (Å²) in [6.45, 7) is 0.907. The van der Waals surface area contributed by atoms with Crippen LogP contribution in [0.3, 0.4) is 0 Å². The molecule has 0 heterocycles. The Balaban J connectivity index is 1.62. The molecule has 0 unspecified atom stereocenters. The van der Waals surface area contributed by atoms with E-state index in [0.29, 0.717) is 11.3 Å². The lowest BCUT2D eigenvalue weighted by atomic mass is 9.83. The van der Waals surface area contributed by atoms with Crippen LogP contribution in [-0.2, 0) is 4.79 Å². The molecule has 2 saturated carbocycles. The second kappa shape index (κ2) is 4.86. The van der Waals surface area contributed by atoms with Gasteiger partial charge in [-0.15, -0.1) is 0 Å². The Morgan fingerprint density at radius 1 is 1.40 bits per heavy atom. The average Bonchev–Trinajstić information content (AvgIpc) is 2.90. The summed E-state index contributed by atoms with van der Waals surface area (Å²) in [4.78, 5) is 11.6. The third-order valence-corrected chi connectivity index (χ3v) is 4.34. The Bertz CT molecular complexity index is 234. The lowest BCUT2D eigenvalue weighted by Crippen LogP contribution is -2.32. The highest BCUT2D eigenvalue weighted by Crippen LogP contribution is 2.48. The molecule has 2 nitrogen and oxygen atoms in total. The van der Waals surface area contributed by atoms with Crippen LogP contribution in [0.1, 0.15) is 44.9 Å². The summed E-state index contributed by atoms with van der Waals surface area (Å²) in [6.07, 6.45) is 8.41. The SMILES string of the molecule is O=C(CC1CCC1)NCC1(CCBr)CC1. The van der Waals surface area contributed by atoms with Gasteiger partial charge in [0.2, 0.25) is 5.91 Å². The fourth-order valence-electron chi connectivity index (χ4n) is 2.21. The molecular formula is C12H20BrNO. The maximum atomic E-state index is 11.6. The molecule has 0 aromatic rings. The molecule has 15 heavy (non-hydrogen) atoms. The number of hydrogen-bond donors (Lipinski definition) is 1. The van der Waals surface area contributed by atoms with Crippen molar-refractivity contribution < 1.29 is 4.79 Å². The van der Waals surface area contributed by atoms with Crippen LogP contribution < -0.4 is 5.32 Å². The smallest absolute Gasteiger partial charge is 0.220 e. The Labute approximate surface area is 100 Å². The van der Waals surface area contributed by atoms with Gasteiger partial charge in [-0.3, -0.25) is 4.79 Å². The van der Waals surface area contributed by atoms with E-state index in [-0.39, 0.29) is 5.91 Å². The fraction of sp³-hybridized carbons (Fsp3) is 0.917. The maximum absolute atomic E-state index is 11.6. The summed E-state index contributed by atoms with van der Waals surface area (Å²) in [5.41, 5.74) is 0.457. The maximum Gasteiger partial charge on any atom is 0.220 e. The molecule has 2 fully saturated rings. The van der Waals surface area contributed by atoms with Crippen LogP contribution in [0.25, 0.3) is 0 Å². The van der Waals surface area contributed by atoms with E-state index in [9.17, 15) is 4.79 Å². The molecule has 1 N–H and O–H groups in total. The number of nitrogens with one attached hydrogen (secondary N) is 1. The monoisotopic (exact) mass is 273 g/mol. The van der Waals surface area contributed by atoms with E-state index in [1.807, 2.05) is 0 Å². The summed E-state index contributed by atoms with van der Waals surface area (Å²) >= 11 is 3.48. The first-order chi connectivity index (χ1) is 7.24. The zero-order valence-corrected chi connectivity index (χ0v) is 10.8. The molecule has 3 heteroatoms. The topological polar surface area (TPSA) is 29.1 Å². The number of alkyl halides is 1.